The molecule has 1 aliphatic heterocycles. The van der Waals surface area contributed by atoms with E-state index in [2.05, 4.69) is 6.07 Å². The molecule has 0 aromatic heterocycles. The number of ether oxygens (including phenoxy) is 1. The Labute approximate surface area is 107 Å². The summed E-state index contributed by atoms with van der Waals surface area (Å²) in [7, 11) is 0. The lowest BCUT2D eigenvalue weighted by Gasteiger charge is -2.39. The van der Waals surface area contributed by atoms with Crippen LogP contribution in [0.25, 0.3) is 0 Å². The number of hydrogen-bond donors (Lipinski definition) is 0. The highest BCUT2D eigenvalue weighted by Gasteiger charge is 2.43. The van der Waals surface area contributed by atoms with Crippen LogP contribution in [-0.2, 0) is 0 Å². The quantitative estimate of drug-likeness (QED) is 0.801. The Kier molecular flexibility index (Phi) is 3.13. The van der Waals surface area contributed by atoms with Crippen LogP contribution < -0.4 is 4.74 Å². The SMILES string of the molecule is CC(C#N)CC1C(=O)c2ccccc2OC1(C)C. The van der Waals surface area contributed by atoms with E-state index in [1.165, 1.54) is 0 Å². The summed E-state index contributed by atoms with van der Waals surface area (Å²) in [6.45, 7) is 5.66. The molecule has 2 unspecified atom stereocenters. The summed E-state index contributed by atoms with van der Waals surface area (Å²) in [5.74, 6) is 0.325. The van der Waals surface area contributed by atoms with E-state index in [4.69, 9.17) is 10.00 Å². The molecule has 0 amide bonds. The standard InChI is InChI=1S/C15H17NO2/c1-10(9-16)8-12-14(17)11-6-4-5-7-13(11)18-15(12,2)3/h4-7,10,12H,8H2,1-3H3. The Morgan fingerprint density at radius 3 is 2.78 bits per heavy atom. The number of benzene rings is 1. The Morgan fingerprint density at radius 1 is 1.44 bits per heavy atom. The van der Waals surface area contributed by atoms with Gasteiger partial charge in [0.15, 0.2) is 5.78 Å². The van der Waals surface area contributed by atoms with Crippen LogP contribution in [0.5, 0.6) is 5.75 Å². The molecule has 0 aliphatic carbocycles. The summed E-state index contributed by atoms with van der Waals surface area (Å²) >= 11 is 0. The van der Waals surface area contributed by atoms with Crippen LogP contribution in [0.1, 0.15) is 37.6 Å². The monoisotopic (exact) mass is 243 g/mol. The van der Waals surface area contributed by atoms with Crippen molar-refractivity contribution in [3.05, 3.63) is 29.8 Å². The van der Waals surface area contributed by atoms with Gasteiger partial charge >= 0.3 is 0 Å². The number of para-hydroxylation sites is 1. The van der Waals surface area contributed by atoms with Gasteiger partial charge in [-0.25, -0.2) is 0 Å². The third kappa shape index (κ3) is 2.11. The van der Waals surface area contributed by atoms with Crippen molar-refractivity contribution >= 4 is 5.78 Å². The molecule has 0 spiro atoms. The van der Waals surface area contributed by atoms with E-state index in [1.807, 2.05) is 39.0 Å². The molecule has 0 fully saturated rings. The van der Waals surface area contributed by atoms with Crippen molar-refractivity contribution in [1.29, 1.82) is 5.26 Å². The number of fused-ring (bicyclic) bond motifs is 1. The fourth-order valence-electron chi connectivity index (χ4n) is 2.41. The first-order chi connectivity index (χ1) is 8.45. The van der Waals surface area contributed by atoms with Gasteiger partial charge < -0.3 is 4.74 Å². The van der Waals surface area contributed by atoms with Crippen molar-refractivity contribution in [2.45, 2.75) is 32.8 Å². The van der Waals surface area contributed by atoms with E-state index < -0.39 is 5.60 Å². The number of Topliss-reactive ketones (excluding diaryl/α,β-unsaturated/α-hetero) is 1. The van der Waals surface area contributed by atoms with Gasteiger partial charge in [-0.15, -0.1) is 0 Å². The van der Waals surface area contributed by atoms with Gasteiger partial charge in [0, 0.05) is 5.92 Å². The van der Waals surface area contributed by atoms with Crippen LogP contribution in [0, 0.1) is 23.2 Å². The molecule has 0 N–H and O–H groups in total. The molecule has 1 aromatic rings. The zero-order valence-corrected chi connectivity index (χ0v) is 10.9. The van der Waals surface area contributed by atoms with Gasteiger partial charge in [0.05, 0.1) is 17.6 Å². The lowest BCUT2D eigenvalue weighted by molar-refractivity contribution is 0.0209. The molecule has 18 heavy (non-hydrogen) atoms. The highest BCUT2D eigenvalue weighted by atomic mass is 16.5. The zero-order valence-electron chi connectivity index (χ0n) is 10.9. The lowest BCUT2D eigenvalue weighted by atomic mass is 9.77. The fraction of sp³-hybridized carbons (Fsp3) is 0.467. The minimum Gasteiger partial charge on any atom is -0.486 e. The number of carbonyl (C=O) groups is 1. The molecule has 0 saturated heterocycles. The second-order valence-electron chi connectivity index (χ2n) is 5.38. The van der Waals surface area contributed by atoms with Crippen LogP contribution in [0.3, 0.4) is 0 Å². The second kappa shape index (κ2) is 4.45. The summed E-state index contributed by atoms with van der Waals surface area (Å²) in [6, 6.07) is 9.49. The third-order valence-electron chi connectivity index (χ3n) is 3.49. The van der Waals surface area contributed by atoms with Crippen molar-refractivity contribution in [2.24, 2.45) is 11.8 Å². The average molecular weight is 243 g/mol. The van der Waals surface area contributed by atoms with Crippen LogP contribution in [0.2, 0.25) is 0 Å². The maximum atomic E-state index is 12.5. The Bertz CT molecular complexity index is 513. The van der Waals surface area contributed by atoms with Crippen LogP contribution in [0.4, 0.5) is 0 Å². The highest BCUT2D eigenvalue weighted by molar-refractivity contribution is 6.02. The van der Waals surface area contributed by atoms with Gasteiger partial charge in [-0.3, -0.25) is 4.79 Å². The molecular weight excluding hydrogens is 226 g/mol. The molecule has 0 bridgehead atoms. The largest absolute Gasteiger partial charge is 0.486 e. The van der Waals surface area contributed by atoms with Crippen LogP contribution in [-0.4, -0.2) is 11.4 Å². The molecule has 2 rings (SSSR count). The maximum absolute atomic E-state index is 12.5. The first-order valence-electron chi connectivity index (χ1n) is 6.17. The van der Waals surface area contributed by atoms with E-state index >= 15 is 0 Å². The molecular formula is C15H17NO2. The maximum Gasteiger partial charge on any atom is 0.173 e. The normalized spacial score (nSPS) is 22.6. The van der Waals surface area contributed by atoms with Gasteiger partial charge in [-0.2, -0.15) is 5.26 Å². The first-order valence-corrected chi connectivity index (χ1v) is 6.17. The van der Waals surface area contributed by atoms with Crippen molar-refractivity contribution in [2.75, 3.05) is 0 Å². The fourth-order valence-corrected chi connectivity index (χ4v) is 2.41. The van der Waals surface area contributed by atoms with E-state index in [0.29, 0.717) is 17.7 Å². The number of nitrogens with zero attached hydrogens (tertiary/aromatic N) is 1. The molecule has 94 valence electrons. The van der Waals surface area contributed by atoms with E-state index in [1.54, 1.807) is 6.07 Å². The summed E-state index contributed by atoms with van der Waals surface area (Å²) < 4.78 is 5.92. The van der Waals surface area contributed by atoms with E-state index in [-0.39, 0.29) is 17.6 Å². The van der Waals surface area contributed by atoms with Crippen molar-refractivity contribution in [1.82, 2.24) is 0 Å². The molecule has 3 nitrogen and oxygen atoms in total. The van der Waals surface area contributed by atoms with E-state index in [0.717, 1.165) is 0 Å². The van der Waals surface area contributed by atoms with Gasteiger partial charge in [0.2, 0.25) is 0 Å². The minimum absolute atomic E-state index is 0.0870. The van der Waals surface area contributed by atoms with Crippen molar-refractivity contribution in [3.63, 3.8) is 0 Å². The molecule has 0 radical (unpaired) electrons. The summed E-state index contributed by atoms with van der Waals surface area (Å²) in [4.78, 5) is 12.5. The Morgan fingerprint density at radius 2 is 2.11 bits per heavy atom. The summed E-state index contributed by atoms with van der Waals surface area (Å²) in [5.41, 5.74) is 0.0725. The number of hydrogen-bond acceptors (Lipinski definition) is 3. The zero-order chi connectivity index (χ0) is 13.3. The number of ketones is 1. The predicted octanol–water partition coefficient (Wildman–Crippen LogP) is 3.21. The Hall–Kier alpha value is -1.82. The van der Waals surface area contributed by atoms with Gasteiger partial charge in [0.1, 0.15) is 11.4 Å². The first kappa shape index (κ1) is 12.6. The van der Waals surface area contributed by atoms with Gasteiger partial charge in [-0.05, 0) is 39.3 Å². The summed E-state index contributed by atoms with van der Waals surface area (Å²) in [6.07, 6.45) is 0.538. The van der Waals surface area contributed by atoms with E-state index in [9.17, 15) is 4.79 Å². The number of nitriles is 1. The molecule has 2 atom stereocenters. The third-order valence-corrected chi connectivity index (χ3v) is 3.49. The van der Waals surface area contributed by atoms with Crippen molar-refractivity contribution in [3.8, 4) is 11.8 Å². The number of rotatable bonds is 2. The predicted molar refractivity (Wildman–Crippen MR) is 68.4 cm³/mol. The van der Waals surface area contributed by atoms with Crippen LogP contribution >= 0.6 is 0 Å². The lowest BCUT2D eigenvalue weighted by Crippen LogP contribution is -2.46. The minimum atomic E-state index is -0.559. The number of carbonyl (C=O) groups excluding carboxylic acids is 1. The second-order valence-corrected chi connectivity index (χ2v) is 5.38. The molecule has 3 heteroatoms. The molecule has 0 saturated carbocycles. The highest BCUT2D eigenvalue weighted by Crippen LogP contribution is 2.39. The Balaban J connectivity index is 2.38. The van der Waals surface area contributed by atoms with Gasteiger partial charge in [0.25, 0.3) is 0 Å². The summed E-state index contributed by atoms with van der Waals surface area (Å²) in [5, 5.41) is 8.92. The molecule has 1 heterocycles. The van der Waals surface area contributed by atoms with Gasteiger partial charge in [-0.1, -0.05) is 12.1 Å². The smallest absolute Gasteiger partial charge is 0.173 e. The molecule has 1 aromatic carbocycles. The topological polar surface area (TPSA) is 50.1 Å². The average Bonchev–Trinajstić information content (AvgIpc) is 2.33. The van der Waals surface area contributed by atoms with Crippen LogP contribution in [0.15, 0.2) is 24.3 Å². The molecule has 1 aliphatic rings. The van der Waals surface area contributed by atoms with Crippen molar-refractivity contribution < 1.29 is 9.53 Å².